The van der Waals surface area contributed by atoms with Crippen LogP contribution in [0.2, 0.25) is 5.02 Å². The summed E-state index contributed by atoms with van der Waals surface area (Å²) in [6.07, 6.45) is -1.08. The zero-order chi connectivity index (χ0) is 26.2. The van der Waals surface area contributed by atoms with Gasteiger partial charge in [-0.05, 0) is 36.2 Å². The Morgan fingerprint density at radius 3 is 2.11 bits per heavy atom. The number of carbonyl (C=O) groups excluding carboxylic acids is 4. The Morgan fingerprint density at radius 1 is 0.919 bits per heavy atom. The number of halogens is 1. The second kappa shape index (κ2) is 7.89. The smallest absolute Gasteiger partial charge is 0.269 e. The Morgan fingerprint density at radius 2 is 1.54 bits per heavy atom. The third-order valence-electron chi connectivity index (χ3n) is 7.35. The highest BCUT2D eigenvalue weighted by molar-refractivity contribution is 6.37. The molecule has 0 radical (unpaired) electrons. The number of aryl methyl sites for hydroxylation is 1. The Labute approximate surface area is 214 Å². The van der Waals surface area contributed by atoms with Gasteiger partial charge in [0.2, 0.25) is 29.0 Å². The van der Waals surface area contributed by atoms with Gasteiger partial charge >= 0.3 is 0 Å². The van der Waals surface area contributed by atoms with Crippen LogP contribution in [0.1, 0.15) is 37.9 Å². The molecule has 2 fully saturated rings. The van der Waals surface area contributed by atoms with Crippen LogP contribution < -0.4 is 4.90 Å². The molecule has 0 aromatic heterocycles. The molecule has 1 spiro atoms. The molecule has 2 amide bonds. The van der Waals surface area contributed by atoms with Crippen molar-refractivity contribution in [2.24, 2.45) is 11.8 Å². The van der Waals surface area contributed by atoms with Crippen molar-refractivity contribution in [2.75, 3.05) is 4.90 Å². The molecule has 3 aromatic rings. The van der Waals surface area contributed by atoms with E-state index in [1.165, 1.54) is 30.3 Å². The quantitative estimate of drug-likeness (QED) is 0.220. The lowest BCUT2D eigenvalue weighted by molar-refractivity contribution is -0.384. The molecule has 0 N–H and O–H groups in total. The van der Waals surface area contributed by atoms with Crippen molar-refractivity contribution < 1.29 is 28.8 Å². The van der Waals surface area contributed by atoms with Gasteiger partial charge in [-0.15, -0.1) is 0 Å². The predicted octanol–water partition coefficient (Wildman–Crippen LogP) is 4.25. The summed E-state index contributed by atoms with van der Waals surface area (Å²) >= 11 is 6.04. The summed E-state index contributed by atoms with van der Waals surface area (Å²) < 4.78 is 6.22. The first-order valence-corrected chi connectivity index (χ1v) is 11.8. The van der Waals surface area contributed by atoms with Crippen LogP contribution in [0, 0.1) is 28.9 Å². The van der Waals surface area contributed by atoms with Crippen LogP contribution in [-0.2, 0) is 14.3 Å². The number of amides is 2. The van der Waals surface area contributed by atoms with E-state index in [1.54, 1.807) is 43.3 Å². The van der Waals surface area contributed by atoms with Gasteiger partial charge < -0.3 is 4.74 Å². The highest BCUT2D eigenvalue weighted by Crippen LogP contribution is 2.58. The van der Waals surface area contributed by atoms with E-state index in [0.29, 0.717) is 16.1 Å². The lowest BCUT2D eigenvalue weighted by Crippen LogP contribution is -2.51. The van der Waals surface area contributed by atoms with Gasteiger partial charge in [0.25, 0.3) is 5.69 Å². The molecule has 3 aliphatic rings. The maximum atomic E-state index is 14.0. The monoisotopic (exact) mass is 516 g/mol. The number of ether oxygens (including phenoxy) is 1. The normalized spacial score (nSPS) is 23.6. The molecule has 184 valence electrons. The first-order valence-electron chi connectivity index (χ1n) is 11.4. The summed E-state index contributed by atoms with van der Waals surface area (Å²) in [5.41, 5.74) is -1.18. The van der Waals surface area contributed by atoms with Crippen molar-refractivity contribution in [3.05, 3.63) is 104 Å². The van der Waals surface area contributed by atoms with E-state index >= 15 is 0 Å². The summed E-state index contributed by atoms with van der Waals surface area (Å²) in [6, 6.07) is 16.4. The van der Waals surface area contributed by atoms with E-state index in [-0.39, 0.29) is 22.5 Å². The van der Waals surface area contributed by atoms with E-state index in [0.717, 1.165) is 4.90 Å². The first kappa shape index (κ1) is 23.2. The largest absolute Gasteiger partial charge is 0.349 e. The van der Waals surface area contributed by atoms with Gasteiger partial charge in [0.1, 0.15) is 0 Å². The fraction of sp³-hybridized carbons (Fsp3) is 0.185. The van der Waals surface area contributed by atoms with Gasteiger partial charge in [-0.3, -0.25) is 29.3 Å². The SMILES string of the molecule is Cc1cc([N+](=O)[O-])ccc1N1C(=O)[C@H]2[C@@H](C1=O)C1(O[C@H]2c2ccc(Cl)cc2)C(=O)c2ccccc2C1=O. The minimum Gasteiger partial charge on any atom is -0.349 e. The van der Waals surface area contributed by atoms with E-state index in [4.69, 9.17) is 16.3 Å². The maximum Gasteiger partial charge on any atom is 0.269 e. The number of hydrogen-bond donors (Lipinski definition) is 0. The molecule has 37 heavy (non-hydrogen) atoms. The highest BCUT2D eigenvalue weighted by Gasteiger charge is 2.74. The molecule has 2 heterocycles. The number of nitro benzene ring substituents is 1. The lowest BCUT2D eigenvalue weighted by atomic mass is 9.77. The van der Waals surface area contributed by atoms with Crippen molar-refractivity contribution >= 4 is 46.4 Å². The standard InChI is InChI=1S/C27H17ClN2O7/c1-13-12-16(30(35)36)10-11-19(13)29-25(33)20-21(26(29)34)27(37-22(20)14-6-8-15(28)9-7-14)23(31)17-4-2-3-5-18(17)24(27)32/h2-12,20-22H,1H3/t20-,21-,22-/m0/s1. The van der Waals surface area contributed by atoms with Gasteiger partial charge in [0, 0.05) is 28.3 Å². The summed E-state index contributed by atoms with van der Waals surface area (Å²) in [6.45, 7) is 1.54. The fourth-order valence-electron chi connectivity index (χ4n) is 5.71. The van der Waals surface area contributed by atoms with Crippen LogP contribution in [-0.4, -0.2) is 33.9 Å². The molecule has 9 nitrogen and oxygen atoms in total. The van der Waals surface area contributed by atoms with Crippen LogP contribution in [0.25, 0.3) is 0 Å². The van der Waals surface area contributed by atoms with Gasteiger partial charge in [0.15, 0.2) is 0 Å². The average Bonchev–Trinajstić information content (AvgIpc) is 3.45. The van der Waals surface area contributed by atoms with Crippen molar-refractivity contribution in [3.8, 4) is 0 Å². The number of fused-ring (bicyclic) bond motifs is 3. The number of Topliss-reactive ketones (excluding diaryl/α,β-unsaturated/α-hetero) is 2. The number of nitro groups is 1. The first-order chi connectivity index (χ1) is 17.7. The molecule has 3 atom stereocenters. The number of rotatable bonds is 3. The maximum absolute atomic E-state index is 14.0. The Hall–Kier alpha value is -4.21. The topological polar surface area (TPSA) is 124 Å². The molecule has 2 saturated heterocycles. The van der Waals surface area contributed by atoms with Gasteiger partial charge in [-0.2, -0.15) is 0 Å². The molecule has 0 bridgehead atoms. The van der Waals surface area contributed by atoms with E-state index < -0.39 is 51.8 Å². The number of nitrogens with zero attached hydrogens (tertiary/aromatic N) is 2. The zero-order valence-electron chi connectivity index (χ0n) is 19.2. The van der Waals surface area contributed by atoms with Crippen LogP contribution >= 0.6 is 11.6 Å². The van der Waals surface area contributed by atoms with Gasteiger partial charge in [0.05, 0.1) is 28.6 Å². The number of carbonyl (C=O) groups is 4. The molecule has 0 saturated carbocycles. The van der Waals surface area contributed by atoms with Crippen LogP contribution in [0.3, 0.4) is 0 Å². The predicted molar refractivity (Wildman–Crippen MR) is 130 cm³/mol. The van der Waals surface area contributed by atoms with Crippen LogP contribution in [0.5, 0.6) is 0 Å². The number of benzene rings is 3. The van der Waals surface area contributed by atoms with Crippen molar-refractivity contribution in [1.82, 2.24) is 0 Å². The van der Waals surface area contributed by atoms with Crippen molar-refractivity contribution in [2.45, 2.75) is 18.6 Å². The third-order valence-corrected chi connectivity index (χ3v) is 7.60. The summed E-state index contributed by atoms with van der Waals surface area (Å²) in [4.78, 5) is 66.9. The fourth-order valence-corrected chi connectivity index (χ4v) is 5.84. The number of hydrogen-bond acceptors (Lipinski definition) is 7. The second-order valence-electron chi connectivity index (χ2n) is 9.27. The third kappa shape index (κ3) is 3.01. The van der Waals surface area contributed by atoms with Crippen LogP contribution in [0.15, 0.2) is 66.7 Å². The minimum atomic E-state index is -2.20. The Bertz CT molecular complexity index is 1530. The number of imide groups is 1. The van der Waals surface area contributed by atoms with Crippen LogP contribution in [0.4, 0.5) is 11.4 Å². The van der Waals surface area contributed by atoms with E-state index in [1.807, 2.05) is 0 Å². The van der Waals surface area contributed by atoms with Crippen molar-refractivity contribution in [1.29, 1.82) is 0 Å². The summed E-state index contributed by atoms with van der Waals surface area (Å²) in [5, 5.41) is 11.6. The second-order valence-corrected chi connectivity index (χ2v) is 9.71. The molecule has 3 aromatic carbocycles. The van der Waals surface area contributed by atoms with E-state index in [9.17, 15) is 29.3 Å². The molecular formula is C27H17ClN2O7. The number of ketones is 2. The molecule has 1 aliphatic carbocycles. The van der Waals surface area contributed by atoms with Gasteiger partial charge in [-0.25, -0.2) is 4.90 Å². The molecule has 6 rings (SSSR count). The molecule has 10 heteroatoms. The van der Waals surface area contributed by atoms with Crippen molar-refractivity contribution in [3.63, 3.8) is 0 Å². The summed E-state index contributed by atoms with van der Waals surface area (Å²) in [7, 11) is 0. The summed E-state index contributed by atoms with van der Waals surface area (Å²) in [5.74, 6) is -5.34. The van der Waals surface area contributed by atoms with Gasteiger partial charge in [-0.1, -0.05) is 48.0 Å². The number of anilines is 1. The molecule has 0 unspecified atom stereocenters. The number of non-ortho nitro benzene ring substituents is 1. The zero-order valence-corrected chi connectivity index (χ0v) is 20.0. The molecular weight excluding hydrogens is 500 g/mol. The Balaban J connectivity index is 1.53. The average molecular weight is 517 g/mol. The minimum absolute atomic E-state index is 0.133. The molecule has 2 aliphatic heterocycles. The lowest BCUT2D eigenvalue weighted by Gasteiger charge is -2.27. The Kier molecular flexibility index (Phi) is 4.95. The highest BCUT2D eigenvalue weighted by atomic mass is 35.5. The van der Waals surface area contributed by atoms with E-state index in [2.05, 4.69) is 0 Å².